The maximum atomic E-state index is 13.4. The Balaban J connectivity index is 2.03. The molecule has 0 unspecified atom stereocenters. The Hall–Kier alpha value is -1.74. The maximum Gasteiger partial charge on any atom is 0.123 e. The Morgan fingerprint density at radius 1 is 0.833 bits per heavy atom. The fraction of sp³-hybridized carbons (Fsp3) is 0.429. The van der Waals surface area contributed by atoms with Gasteiger partial charge in [-0.1, -0.05) is 44.5 Å². The first-order valence-electron chi connectivity index (χ1n) is 8.83. The molecule has 0 aliphatic carbocycles. The smallest absolute Gasteiger partial charge is 0.123 e. The lowest BCUT2D eigenvalue weighted by Crippen LogP contribution is -2.45. The number of rotatable bonds is 4. The number of piperidine rings is 1. The van der Waals surface area contributed by atoms with Gasteiger partial charge in [-0.3, -0.25) is 4.90 Å². The van der Waals surface area contributed by atoms with Crippen LogP contribution in [-0.2, 0) is 0 Å². The van der Waals surface area contributed by atoms with E-state index in [1.807, 2.05) is 24.3 Å². The van der Waals surface area contributed by atoms with E-state index in [0.717, 1.165) is 17.7 Å². The van der Waals surface area contributed by atoms with Crippen LogP contribution in [-0.4, -0.2) is 17.5 Å². The van der Waals surface area contributed by atoms with Crippen molar-refractivity contribution in [3.8, 4) is 0 Å². The van der Waals surface area contributed by atoms with Gasteiger partial charge in [0.05, 0.1) is 6.04 Å². The third kappa shape index (κ3) is 3.67. The average Bonchev–Trinajstić information content (AvgIpc) is 2.59. The van der Waals surface area contributed by atoms with Crippen molar-refractivity contribution >= 4 is 0 Å². The first-order chi connectivity index (χ1) is 11.6. The molecule has 1 saturated heterocycles. The van der Waals surface area contributed by atoms with Crippen LogP contribution in [0.25, 0.3) is 0 Å². The molecule has 24 heavy (non-hydrogen) atoms. The zero-order chi connectivity index (χ0) is 17.1. The molecule has 0 saturated carbocycles. The summed E-state index contributed by atoms with van der Waals surface area (Å²) in [7, 11) is 0. The molecule has 1 fully saturated rings. The first kappa shape index (κ1) is 17.1. The molecule has 2 aromatic rings. The highest BCUT2D eigenvalue weighted by Gasteiger charge is 2.32. The monoisotopic (exact) mass is 329 g/mol. The summed E-state index contributed by atoms with van der Waals surface area (Å²) in [4.78, 5) is 2.52. The molecule has 1 nitrogen and oxygen atoms in total. The molecule has 0 N–H and O–H groups in total. The lowest BCUT2D eigenvalue weighted by molar-refractivity contribution is 0.0815. The van der Waals surface area contributed by atoms with Gasteiger partial charge in [0.1, 0.15) is 11.6 Å². The van der Waals surface area contributed by atoms with Gasteiger partial charge in [-0.2, -0.15) is 0 Å². The van der Waals surface area contributed by atoms with Crippen molar-refractivity contribution in [3.63, 3.8) is 0 Å². The van der Waals surface area contributed by atoms with Crippen LogP contribution < -0.4 is 0 Å². The number of nitrogens with zero attached hydrogens (tertiary/aromatic N) is 1. The van der Waals surface area contributed by atoms with Crippen molar-refractivity contribution in [2.24, 2.45) is 5.92 Å². The van der Waals surface area contributed by atoms with Crippen LogP contribution in [0.3, 0.4) is 0 Å². The second kappa shape index (κ2) is 7.43. The van der Waals surface area contributed by atoms with Crippen molar-refractivity contribution in [2.45, 2.75) is 45.2 Å². The zero-order valence-corrected chi connectivity index (χ0v) is 14.4. The molecule has 0 radical (unpaired) electrons. The first-order valence-corrected chi connectivity index (χ1v) is 8.83. The summed E-state index contributed by atoms with van der Waals surface area (Å²) in [5.41, 5.74) is 2.13. The summed E-state index contributed by atoms with van der Waals surface area (Å²) in [6, 6.07) is 14.0. The van der Waals surface area contributed by atoms with E-state index in [1.54, 1.807) is 0 Å². The topological polar surface area (TPSA) is 3.24 Å². The minimum Gasteiger partial charge on any atom is -0.289 e. The largest absolute Gasteiger partial charge is 0.289 e. The minimum atomic E-state index is -0.226. The summed E-state index contributed by atoms with van der Waals surface area (Å²) >= 11 is 0. The minimum absolute atomic E-state index is 0.0406. The van der Waals surface area contributed by atoms with Gasteiger partial charge in [0.25, 0.3) is 0 Å². The summed E-state index contributed by atoms with van der Waals surface area (Å²) < 4.78 is 26.8. The van der Waals surface area contributed by atoms with Crippen molar-refractivity contribution in [1.29, 1.82) is 0 Å². The maximum absolute atomic E-state index is 13.4. The van der Waals surface area contributed by atoms with E-state index in [4.69, 9.17) is 0 Å². The molecule has 0 aromatic heterocycles. The highest BCUT2D eigenvalue weighted by Crippen LogP contribution is 2.36. The van der Waals surface area contributed by atoms with Crippen molar-refractivity contribution in [1.82, 2.24) is 4.90 Å². The predicted molar refractivity (Wildman–Crippen MR) is 93.8 cm³/mol. The summed E-state index contributed by atoms with van der Waals surface area (Å²) in [6.45, 7) is 5.53. The van der Waals surface area contributed by atoms with Crippen molar-refractivity contribution < 1.29 is 8.78 Å². The van der Waals surface area contributed by atoms with Crippen LogP contribution >= 0.6 is 0 Å². The van der Waals surface area contributed by atoms with Gasteiger partial charge < -0.3 is 0 Å². The fourth-order valence-corrected chi connectivity index (χ4v) is 3.88. The normalized spacial score (nSPS) is 19.2. The Kier molecular flexibility index (Phi) is 5.30. The van der Waals surface area contributed by atoms with Gasteiger partial charge >= 0.3 is 0 Å². The van der Waals surface area contributed by atoms with Crippen LogP contribution in [0.5, 0.6) is 0 Å². The number of halogens is 2. The van der Waals surface area contributed by atoms with Gasteiger partial charge in [-0.15, -0.1) is 0 Å². The van der Waals surface area contributed by atoms with E-state index in [-0.39, 0.29) is 17.7 Å². The third-order valence-corrected chi connectivity index (χ3v) is 5.06. The predicted octanol–water partition coefficient (Wildman–Crippen LogP) is 5.56. The molecule has 1 atom stereocenters. The van der Waals surface area contributed by atoms with Crippen LogP contribution in [0.2, 0.25) is 0 Å². The molecule has 2 aromatic carbocycles. The summed E-state index contributed by atoms with van der Waals surface area (Å²) in [5, 5.41) is 0. The van der Waals surface area contributed by atoms with Crippen LogP contribution in [0.15, 0.2) is 48.5 Å². The lowest BCUT2D eigenvalue weighted by atomic mass is 9.87. The lowest BCUT2D eigenvalue weighted by Gasteiger charge is -2.43. The molecule has 3 rings (SSSR count). The summed E-state index contributed by atoms with van der Waals surface area (Å²) in [6.07, 6.45) is 3.59. The molecule has 1 aliphatic heterocycles. The Bertz CT molecular complexity index is 603. The molecule has 0 amide bonds. The van der Waals surface area contributed by atoms with Gasteiger partial charge in [-0.05, 0) is 60.7 Å². The second-order valence-corrected chi connectivity index (χ2v) is 7.05. The van der Waals surface area contributed by atoms with E-state index in [9.17, 15) is 8.78 Å². The van der Waals surface area contributed by atoms with Crippen molar-refractivity contribution in [2.75, 3.05) is 6.54 Å². The van der Waals surface area contributed by atoms with E-state index in [2.05, 4.69) is 18.7 Å². The molecule has 0 spiro atoms. The molecule has 1 heterocycles. The molecule has 0 bridgehead atoms. The molecule has 128 valence electrons. The molecule has 3 heteroatoms. The zero-order valence-electron chi connectivity index (χ0n) is 14.4. The second-order valence-electron chi connectivity index (χ2n) is 7.05. The van der Waals surface area contributed by atoms with Crippen LogP contribution in [0, 0.1) is 17.6 Å². The molecule has 1 aliphatic rings. The van der Waals surface area contributed by atoms with Gasteiger partial charge in [-0.25, -0.2) is 8.78 Å². The van der Waals surface area contributed by atoms with Gasteiger partial charge in [0.15, 0.2) is 0 Å². The van der Waals surface area contributed by atoms with E-state index >= 15 is 0 Å². The number of likely N-dealkylation sites (tertiary alicyclic amines) is 1. The van der Waals surface area contributed by atoms with Crippen LogP contribution in [0.4, 0.5) is 8.78 Å². The Labute approximate surface area is 143 Å². The standard InChI is InChI=1S/C21H25F2N/c1-15(2)20-5-3-4-14-24(20)21(16-6-10-18(22)11-7-16)17-8-12-19(23)13-9-17/h6-13,15,20-21H,3-5,14H2,1-2H3/t20-/m1/s1. The molecular formula is C21H25F2N. The highest BCUT2D eigenvalue weighted by molar-refractivity contribution is 5.32. The highest BCUT2D eigenvalue weighted by atomic mass is 19.1. The Morgan fingerprint density at radius 3 is 1.79 bits per heavy atom. The average molecular weight is 329 g/mol. The van der Waals surface area contributed by atoms with Crippen molar-refractivity contribution in [3.05, 3.63) is 71.3 Å². The SMILES string of the molecule is CC(C)[C@H]1CCCCN1C(c1ccc(F)cc1)c1ccc(F)cc1. The fourth-order valence-electron chi connectivity index (χ4n) is 3.88. The Morgan fingerprint density at radius 2 is 1.33 bits per heavy atom. The van der Waals surface area contributed by atoms with Gasteiger partial charge in [0, 0.05) is 6.04 Å². The molecular weight excluding hydrogens is 304 g/mol. The number of benzene rings is 2. The van der Waals surface area contributed by atoms with E-state index in [1.165, 1.54) is 43.5 Å². The van der Waals surface area contributed by atoms with E-state index < -0.39 is 0 Å². The van der Waals surface area contributed by atoms with Crippen LogP contribution in [0.1, 0.15) is 50.3 Å². The quantitative estimate of drug-likeness (QED) is 0.709. The summed E-state index contributed by atoms with van der Waals surface area (Å²) in [5.74, 6) is 0.0972. The van der Waals surface area contributed by atoms with E-state index in [0.29, 0.717) is 12.0 Å². The third-order valence-electron chi connectivity index (χ3n) is 5.06. The number of hydrogen-bond donors (Lipinski definition) is 0. The van der Waals surface area contributed by atoms with Gasteiger partial charge in [0.2, 0.25) is 0 Å². The number of hydrogen-bond acceptors (Lipinski definition) is 1.